The molecule has 2 N–H and O–H groups in total. The molecule has 2 heterocycles. The van der Waals surface area contributed by atoms with E-state index in [0.717, 1.165) is 42.4 Å². The summed E-state index contributed by atoms with van der Waals surface area (Å²) in [4.78, 5) is 19.2. The first-order valence-electron chi connectivity index (χ1n) is 10.9. The van der Waals surface area contributed by atoms with Crippen molar-refractivity contribution in [1.29, 1.82) is 0 Å². The fourth-order valence-electron chi connectivity index (χ4n) is 3.55. The van der Waals surface area contributed by atoms with Crippen LogP contribution in [0.15, 0.2) is 41.5 Å². The van der Waals surface area contributed by atoms with E-state index >= 15 is 0 Å². The van der Waals surface area contributed by atoms with E-state index in [9.17, 15) is 4.79 Å². The van der Waals surface area contributed by atoms with Gasteiger partial charge in [-0.15, -0.1) is 24.0 Å². The van der Waals surface area contributed by atoms with Gasteiger partial charge in [-0.25, -0.2) is 14.5 Å². The molecule has 1 aliphatic heterocycles. The van der Waals surface area contributed by atoms with Gasteiger partial charge in [0.05, 0.1) is 24.0 Å². The molecule has 1 aromatic carbocycles. The second kappa shape index (κ2) is 11.5. The first kappa shape index (κ1) is 26.0. The van der Waals surface area contributed by atoms with Crippen LogP contribution in [0.2, 0.25) is 0 Å². The number of para-hydroxylation sites is 1. The van der Waals surface area contributed by atoms with Crippen LogP contribution in [-0.2, 0) is 11.3 Å². The number of nitrogens with one attached hydrogen (secondary N) is 2. The molecule has 3 rings (SSSR count). The quantitative estimate of drug-likeness (QED) is 0.333. The predicted octanol–water partition coefficient (Wildman–Crippen LogP) is 3.86. The number of nitrogens with zero attached hydrogens (tertiary/aromatic N) is 4. The van der Waals surface area contributed by atoms with Crippen molar-refractivity contribution < 1.29 is 9.53 Å². The van der Waals surface area contributed by atoms with Gasteiger partial charge in [0.15, 0.2) is 5.96 Å². The minimum absolute atomic E-state index is 0. The van der Waals surface area contributed by atoms with Crippen molar-refractivity contribution in [1.82, 2.24) is 25.3 Å². The lowest BCUT2D eigenvalue weighted by molar-refractivity contribution is 0.0507. The molecule has 0 unspecified atom stereocenters. The fourth-order valence-corrected chi connectivity index (χ4v) is 3.55. The van der Waals surface area contributed by atoms with Crippen LogP contribution in [0.1, 0.15) is 45.4 Å². The second-order valence-electron chi connectivity index (χ2n) is 8.78. The summed E-state index contributed by atoms with van der Waals surface area (Å²) in [6.07, 6.45) is 2.45. The number of carbonyl (C=O) groups excluding carboxylic acids is 1. The number of benzene rings is 1. The Morgan fingerprint density at radius 2 is 2.03 bits per heavy atom. The van der Waals surface area contributed by atoms with E-state index in [1.54, 1.807) is 0 Å². The van der Waals surface area contributed by atoms with Crippen LogP contribution < -0.4 is 10.6 Å². The van der Waals surface area contributed by atoms with E-state index in [-0.39, 0.29) is 36.1 Å². The van der Waals surface area contributed by atoms with Gasteiger partial charge in [0.25, 0.3) is 0 Å². The zero-order valence-electron chi connectivity index (χ0n) is 19.6. The van der Waals surface area contributed by atoms with Crippen LogP contribution in [0.5, 0.6) is 0 Å². The standard InChI is InChI=1S/C23H34N6O2.HI/c1-6-24-21(28-13-12-19(16-28)26-22(30)31-23(3,4)5)25-15-18-9-7-8-10-20(18)29-14-11-17(2)27-29;/h7-11,14,19H,6,12-13,15-16H2,1-5H3,(H,24,25)(H,26,30);1H/t19-;/m1./s1. The molecule has 0 saturated carbocycles. The molecule has 2 aromatic rings. The molecule has 9 heteroatoms. The topological polar surface area (TPSA) is 83.8 Å². The van der Waals surface area contributed by atoms with E-state index in [4.69, 9.17) is 9.73 Å². The summed E-state index contributed by atoms with van der Waals surface area (Å²) >= 11 is 0. The molecular weight excluding hydrogens is 519 g/mol. The maximum atomic E-state index is 12.1. The van der Waals surface area contributed by atoms with Crippen molar-refractivity contribution in [3.8, 4) is 5.69 Å². The first-order valence-corrected chi connectivity index (χ1v) is 10.9. The molecular formula is C23H35IN6O2. The Morgan fingerprint density at radius 3 is 2.69 bits per heavy atom. The zero-order valence-corrected chi connectivity index (χ0v) is 21.9. The highest BCUT2D eigenvalue weighted by Gasteiger charge is 2.27. The normalized spacial score (nSPS) is 16.5. The third-order valence-corrected chi connectivity index (χ3v) is 4.90. The molecule has 1 aliphatic rings. The Balaban J connectivity index is 0.00000363. The summed E-state index contributed by atoms with van der Waals surface area (Å²) in [5.74, 6) is 0.849. The minimum Gasteiger partial charge on any atom is -0.444 e. The van der Waals surface area contributed by atoms with Crippen LogP contribution in [0.4, 0.5) is 4.79 Å². The molecule has 32 heavy (non-hydrogen) atoms. The summed E-state index contributed by atoms with van der Waals surface area (Å²) in [7, 11) is 0. The molecule has 0 radical (unpaired) electrons. The highest BCUT2D eigenvalue weighted by molar-refractivity contribution is 14.0. The van der Waals surface area contributed by atoms with Crippen molar-refractivity contribution in [2.75, 3.05) is 19.6 Å². The van der Waals surface area contributed by atoms with Crippen LogP contribution in [0, 0.1) is 6.92 Å². The van der Waals surface area contributed by atoms with Crippen LogP contribution in [-0.4, -0.2) is 58.0 Å². The zero-order chi connectivity index (χ0) is 22.4. The van der Waals surface area contributed by atoms with Gasteiger partial charge in [0.2, 0.25) is 0 Å². The number of likely N-dealkylation sites (tertiary alicyclic amines) is 1. The second-order valence-corrected chi connectivity index (χ2v) is 8.78. The molecule has 1 atom stereocenters. The van der Waals surface area contributed by atoms with E-state index in [2.05, 4.69) is 39.7 Å². The summed E-state index contributed by atoms with van der Waals surface area (Å²) in [6, 6.07) is 10.2. The number of amides is 1. The number of aryl methyl sites for hydroxylation is 1. The van der Waals surface area contributed by atoms with Crippen LogP contribution in [0.25, 0.3) is 5.69 Å². The Kier molecular flexibility index (Phi) is 9.35. The molecule has 0 spiro atoms. The number of hydrogen-bond donors (Lipinski definition) is 2. The van der Waals surface area contributed by atoms with Gasteiger partial charge in [-0.2, -0.15) is 5.10 Å². The number of ether oxygens (including phenoxy) is 1. The van der Waals surface area contributed by atoms with Gasteiger partial charge >= 0.3 is 6.09 Å². The lowest BCUT2D eigenvalue weighted by Crippen LogP contribution is -2.44. The number of aromatic nitrogens is 2. The molecule has 1 fully saturated rings. The number of guanidine groups is 1. The van der Waals surface area contributed by atoms with Crippen molar-refractivity contribution in [2.45, 2.75) is 59.2 Å². The molecule has 176 valence electrons. The fraction of sp³-hybridized carbons (Fsp3) is 0.522. The van der Waals surface area contributed by atoms with Gasteiger partial charge in [0, 0.05) is 25.8 Å². The Hall–Kier alpha value is -2.30. The molecule has 1 aromatic heterocycles. The number of carbonyl (C=O) groups is 1. The lowest BCUT2D eigenvalue weighted by Gasteiger charge is -2.23. The maximum absolute atomic E-state index is 12.1. The number of aliphatic imine (C=N–C) groups is 1. The van der Waals surface area contributed by atoms with Crippen molar-refractivity contribution >= 4 is 36.0 Å². The highest BCUT2D eigenvalue weighted by Crippen LogP contribution is 2.17. The van der Waals surface area contributed by atoms with Gasteiger partial charge < -0.3 is 20.3 Å². The smallest absolute Gasteiger partial charge is 0.407 e. The maximum Gasteiger partial charge on any atom is 0.407 e. The number of halogens is 1. The Labute approximate surface area is 207 Å². The van der Waals surface area contributed by atoms with E-state index in [1.807, 2.05) is 56.8 Å². The number of alkyl carbamates (subject to hydrolysis) is 1. The summed E-state index contributed by atoms with van der Waals surface area (Å²) in [5.41, 5.74) is 2.61. The third kappa shape index (κ3) is 7.39. The molecule has 0 aliphatic carbocycles. The van der Waals surface area contributed by atoms with Crippen LogP contribution >= 0.6 is 24.0 Å². The summed E-state index contributed by atoms with van der Waals surface area (Å²) < 4.78 is 7.28. The first-order chi connectivity index (χ1) is 14.7. The Morgan fingerprint density at radius 1 is 1.28 bits per heavy atom. The van der Waals surface area contributed by atoms with E-state index in [1.165, 1.54) is 0 Å². The van der Waals surface area contributed by atoms with Gasteiger partial charge in [-0.3, -0.25) is 0 Å². The summed E-state index contributed by atoms with van der Waals surface area (Å²) in [5, 5.41) is 10.9. The predicted molar refractivity (Wildman–Crippen MR) is 138 cm³/mol. The van der Waals surface area contributed by atoms with E-state index in [0.29, 0.717) is 13.1 Å². The van der Waals surface area contributed by atoms with Crippen LogP contribution in [0.3, 0.4) is 0 Å². The molecule has 1 saturated heterocycles. The van der Waals surface area contributed by atoms with Crippen molar-refractivity contribution in [2.24, 2.45) is 4.99 Å². The van der Waals surface area contributed by atoms with Gasteiger partial charge in [-0.1, -0.05) is 18.2 Å². The van der Waals surface area contributed by atoms with Gasteiger partial charge in [0.1, 0.15) is 5.60 Å². The van der Waals surface area contributed by atoms with Gasteiger partial charge in [-0.05, 0) is 58.7 Å². The van der Waals surface area contributed by atoms with Crippen molar-refractivity contribution in [3.05, 3.63) is 47.8 Å². The third-order valence-electron chi connectivity index (χ3n) is 4.90. The minimum atomic E-state index is -0.501. The average molecular weight is 554 g/mol. The largest absolute Gasteiger partial charge is 0.444 e. The van der Waals surface area contributed by atoms with E-state index < -0.39 is 5.60 Å². The van der Waals surface area contributed by atoms with Crippen molar-refractivity contribution in [3.63, 3.8) is 0 Å². The highest BCUT2D eigenvalue weighted by atomic mass is 127. The SMILES string of the molecule is CCNC(=NCc1ccccc1-n1ccc(C)n1)N1CC[C@@H](NC(=O)OC(C)(C)C)C1.I. The molecule has 8 nitrogen and oxygen atoms in total. The number of rotatable bonds is 5. The lowest BCUT2D eigenvalue weighted by atomic mass is 10.2. The monoisotopic (exact) mass is 554 g/mol. The summed E-state index contributed by atoms with van der Waals surface area (Å²) in [6.45, 7) is 12.5. The molecule has 0 bridgehead atoms. The Bertz CT molecular complexity index is 921. The molecule has 1 amide bonds. The average Bonchev–Trinajstić information content (AvgIpc) is 3.33. The number of hydrogen-bond acceptors (Lipinski definition) is 4.